The number of ether oxygens (including phenoxy) is 1. The molecule has 36 heavy (non-hydrogen) atoms. The zero-order chi connectivity index (χ0) is 24.8. The van der Waals surface area contributed by atoms with Crippen molar-refractivity contribution >= 4 is 26.6 Å². The van der Waals surface area contributed by atoms with Gasteiger partial charge in [-0.15, -0.1) is 0 Å². The Morgan fingerprint density at radius 1 is 0.778 bits per heavy atom. The molecule has 0 amide bonds. The fourth-order valence-electron chi connectivity index (χ4n) is 4.06. The molecule has 0 aliphatic rings. The molecule has 0 radical (unpaired) electrons. The average molecular weight is 498 g/mol. The van der Waals surface area contributed by atoms with Gasteiger partial charge in [0.1, 0.15) is 12.4 Å². The van der Waals surface area contributed by atoms with Crippen LogP contribution in [-0.2, 0) is 16.6 Å². The van der Waals surface area contributed by atoms with E-state index in [-0.39, 0.29) is 4.90 Å². The maximum Gasteiger partial charge on any atom is 0.261 e. The van der Waals surface area contributed by atoms with E-state index in [1.807, 2.05) is 91.1 Å². The van der Waals surface area contributed by atoms with Crippen molar-refractivity contribution in [3.05, 3.63) is 115 Å². The first-order chi connectivity index (χ1) is 17.6. The topological polar surface area (TPSA) is 83.2 Å². The van der Waals surface area contributed by atoms with Crippen molar-refractivity contribution in [2.45, 2.75) is 11.4 Å². The van der Waals surface area contributed by atoms with E-state index in [9.17, 15) is 8.42 Å². The molecule has 5 rings (SSSR count). The van der Waals surface area contributed by atoms with Crippen molar-refractivity contribution in [3.63, 3.8) is 0 Å². The molecule has 0 atom stereocenters. The highest BCUT2D eigenvalue weighted by atomic mass is 32.2. The number of aromatic nitrogens is 1. The minimum atomic E-state index is -3.69. The largest absolute Gasteiger partial charge is 0.492 e. The van der Waals surface area contributed by atoms with Crippen LogP contribution in [0.1, 0.15) is 5.56 Å². The van der Waals surface area contributed by atoms with Crippen LogP contribution in [0, 0.1) is 0 Å². The summed E-state index contributed by atoms with van der Waals surface area (Å²) in [5, 5.41) is 4.41. The normalized spacial score (nSPS) is 11.4. The SMILES string of the molecule is O=S(=O)(Nc1cccc(CNCCOc2cccc3[nH]ccc23)c1)c1ccc(-c2ccccc2)cc1. The van der Waals surface area contributed by atoms with Gasteiger partial charge < -0.3 is 15.0 Å². The molecule has 0 bridgehead atoms. The third kappa shape index (κ3) is 5.59. The molecule has 6 nitrogen and oxygen atoms in total. The molecule has 0 saturated carbocycles. The van der Waals surface area contributed by atoms with Gasteiger partial charge in [0, 0.05) is 35.9 Å². The highest BCUT2D eigenvalue weighted by molar-refractivity contribution is 7.92. The van der Waals surface area contributed by atoms with Crippen molar-refractivity contribution < 1.29 is 13.2 Å². The number of hydrogen-bond acceptors (Lipinski definition) is 4. The number of anilines is 1. The third-order valence-corrected chi connectivity index (χ3v) is 7.27. The number of nitrogens with one attached hydrogen (secondary N) is 3. The van der Waals surface area contributed by atoms with Crippen LogP contribution >= 0.6 is 0 Å². The summed E-state index contributed by atoms with van der Waals surface area (Å²) in [5.41, 5.74) is 4.56. The quantitative estimate of drug-likeness (QED) is 0.213. The number of benzene rings is 4. The molecule has 1 heterocycles. The average Bonchev–Trinajstić information content (AvgIpc) is 3.39. The van der Waals surface area contributed by atoms with E-state index < -0.39 is 10.0 Å². The Morgan fingerprint density at radius 3 is 2.39 bits per heavy atom. The zero-order valence-electron chi connectivity index (χ0n) is 19.6. The molecule has 0 spiro atoms. The Morgan fingerprint density at radius 2 is 1.56 bits per heavy atom. The highest BCUT2D eigenvalue weighted by Gasteiger charge is 2.14. The predicted octanol–water partition coefficient (Wildman–Crippen LogP) is 5.80. The van der Waals surface area contributed by atoms with E-state index in [2.05, 4.69) is 15.0 Å². The summed E-state index contributed by atoms with van der Waals surface area (Å²) < 4.78 is 34.5. The molecule has 5 aromatic rings. The summed E-state index contributed by atoms with van der Waals surface area (Å²) in [6.45, 7) is 1.78. The van der Waals surface area contributed by atoms with Gasteiger partial charge in [-0.2, -0.15) is 0 Å². The van der Waals surface area contributed by atoms with Crippen molar-refractivity contribution in [3.8, 4) is 16.9 Å². The molecule has 0 fully saturated rings. The maximum atomic E-state index is 12.9. The Hall–Kier alpha value is -4.07. The molecule has 1 aromatic heterocycles. The minimum Gasteiger partial charge on any atom is -0.492 e. The van der Waals surface area contributed by atoms with Crippen LogP contribution in [0.2, 0.25) is 0 Å². The summed E-state index contributed by atoms with van der Waals surface area (Å²) in [6.07, 6.45) is 1.90. The molecule has 0 aliphatic heterocycles. The number of rotatable bonds is 10. The van der Waals surface area contributed by atoms with E-state index in [4.69, 9.17) is 4.74 Å². The lowest BCUT2D eigenvalue weighted by Crippen LogP contribution is -2.20. The lowest BCUT2D eigenvalue weighted by atomic mass is 10.1. The Balaban J connectivity index is 1.15. The van der Waals surface area contributed by atoms with Gasteiger partial charge in [0.05, 0.1) is 4.90 Å². The minimum absolute atomic E-state index is 0.223. The van der Waals surface area contributed by atoms with Crippen LogP contribution in [0.5, 0.6) is 5.75 Å². The van der Waals surface area contributed by atoms with Crippen LogP contribution in [0.4, 0.5) is 5.69 Å². The van der Waals surface area contributed by atoms with E-state index >= 15 is 0 Å². The van der Waals surface area contributed by atoms with Crippen molar-refractivity contribution in [1.29, 1.82) is 0 Å². The fraction of sp³-hybridized carbons (Fsp3) is 0.103. The number of fused-ring (bicyclic) bond motifs is 1. The molecule has 4 aromatic carbocycles. The molecule has 182 valence electrons. The van der Waals surface area contributed by atoms with Gasteiger partial charge in [-0.25, -0.2) is 8.42 Å². The van der Waals surface area contributed by atoms with Gasteiger partial charge in [-0.05, 0) is 59.2 Å². The second-order valence-corrected chi connectivity index (χ2v) is 10.1. The van der Waals surface area contributed by atoms with Crippen molar-refractivity contribution in [1.82, 2.24) is 10.3 Å². The maximum absolute atomic E-state index is 12.9. The second-order valence-electron chi connectivity index (χ2n) is 8.42. The number of sulfonamides is 1. The summed E-state index contributed by atoms with van der Waals surface area (Å²) in [4.78, 5) is 3.40. The first-order valence-electron chi connectivity index (χ1n) is 11.8. The molecular weight excluding hydrogens is 470 g/mol. The van der Waals surface area contributed by atoms with E-state index in [0.29, 0.717) is 25.4 Å². The number of H-pyrrole nitrogens is 1. The highest BCUT2D eigenvalue weighted by Crippen LogP contribution is 2.25. The summed E-state index contributed by atoms with van der Waals surface area (Å²) >= 11 is 0. The smallest absolute Gasteiger partial charge is 0.261 e. The summed E-state index contributed by atoms with van der Waals surface area (Å²) in [6, 6.07) is 32.1. The summed E-state index contributed by atoms with van der Waals surface area (Å²) in [5.74, 6) is 0.851. The second kappa shape index (κ2) is 10.7. The van der Waals surface area contributed by atoms with Gasteiger partial charge in [-0.1, -0.05) is 60.7 Å². The number of hydrogen-bond donors (Lipinski definition) is 3. The molecule has 0 saturated heterocycles. The molecule has 0 aliphatic carbocycles. The summed E-state index contributed by atoms with van der Waals surface area (Å²) in [7, 11) is -3.69. The van der Waals surface area contributed by atoms with E-state index in [1.165, 1.54) is 0 Å². The van der Waals surface area contributed by atoms with Crippen LogP contribution in [0.25, 0.3) is 22.0 Å². The number of aromatic amines is 1. The van der Waals surface area contributed by atoms with Gasteiger partial charge in [0.15, 0.2) is 0 Å². The van der Waals surface area contributed by atoms with Gasteiger partial charge >= 0.3 is 0 Å². The lowest BCUT2D eigenvalue weighted by molar-refractivity contribution is 0.317. The Kier molecular flexibility index (Phi) is 7.02. The Bertz CT molecular complexity index is 1550. The van der Waals surface area contributed by atoms with Gasteiger partial charge in [0.2, 0.25) is 0 Å². The van der Waals surface area contributed by atoms with Crippen LogP contribution in [0.3, 0.4) is 0 Å². The molecule has 7 heteroatoms. The monoisotopic (exact) mass is 497 g/mol. The van der Waals surface area contributed by atoms with Gasteiger partial charge in [-0.3, -0.25) is 4.72 Å². The lowest BCUT2D eigenvalue weighted by Gasteiger charge is -2.11. The molecule has 0 unspecified atom stereocenters. The first-order valence-corrected chi connectivity index (χ1v) is 13.2. The van der Waals surface area contributed by atoms with Crippen LogP contribution < -0.4 is 14.8 Å². The molecular formula is C29H27N3O3S. The van der Waals surface area contributed by atoms with Gasteiger partial charge in [0.25, 0.3) is 10.0 Å². The van der Waals surface area contributed by atoms with Crippen LogP contribution in [0.15, 0.2) is 114 Å². The van der Waals surface area contributed by atoms with Crippen molar-refractivity contribution in [2.24, 2.45) is 0 Å². The Labute approximate surface area is 211 Å². The standard InChI is InChI=1S/C29H27N3O3S/c33-36(34,26-14-12-24(13-15-26)23-7-2-1-3-8-23)32-25-9-4-6-22(20-25)21-30-18-19-35-29-11-5-10-28-27(29)16-17-31-28/h1-17,20,30-32H,18-19,21H2. The third-order valence-electron chi connectivity index (χ3n) is 5.87. The molecule has 3 N–H and O–H groups in total. The van der Waals surface area contributed by atoms with Crippen molar-refractivity contribution in [2.75, 3.05) is 17.9 Å². The van der Waals surface area contributed by atoms with Crippen LogP contribution in [-0.4, -0.2) is 26.6 Å². The first kappa shape index (κ1) is 23.7. The van der Waals surface area contributed by atoms with E-state index in [0.717, 1.165) is 33.3 Å². The predicted molar refractivity (Wildman–Crippen MR) is 145 cm³/mol. The zero-order valence-corrected chi connectivity index (χ0v) is 20.5. The fourth-order valence-corrected chi connectivity index (χ4v) is 5.11. The van der Waals surface area contributed by atoms with E-state index in [1.54, 1.807) is 18.2 Å².